The van der Waals surface area contributed by atoms with E-state index in [0.29, 0.717) is 27.9 Å². The largest absolute Gasteiger partial charge is 0.496 e. The van der Waals surface area contributed by atoms with E-state index in [1.54, 1.807) is 25.3 Å². The minimum absolute atomic E-state index is 0.332. The fourth-order valence-corrected chi connectivity index (χ4v) is 2.85. The maximum absolute atomic E-state index is 11.9. The van der Waals surface area contributed by atoms with Gasteiger partial charge < -0.3 is 14.6 Å². The van der Waals surface area contributed by atoms with Crippen LogP contribution >= 0.6 is 23.5 Å². The van der Waals surface area contributed by atoms with Gasteiger partial charge in [0.15, 0.2) is 10.6 Å². The fourth-order valence-electron chi connectivity index (χ4n) is 2.09. The van der Waals surface area contributed by atoms with Gasteiger partial charge in [0.1, 0.15) is 5.75 Å². The van der Waals surface area contributed by atoms with E-state index in [1.165, 1.54) is 0 Å². The second-order valence-electron chi connectivity index (χ2n) is 4.83. The smallest absolute Gasteiger partial charge is 0.325 e. The lowest BCUT2D eigenvalue weighted by Gasteiger charge is -2.06. The van der Waals surface area contributed by atoms with Crippen LogP contribution in [0.4, 0.5) is 4.79 Å². The summed E-state index contributed by atoms with van der Waals surface area (Å²) in [6.45, 7) is 0.395. The topological polar surface area (TPSA) is 76.4 Å². The number of rotatable bonds is 5. The average molecular weight is 364 g/mol. The number of ether oxygens (including phenoxy) is 1. The molecule has 0 unspecified atom stereocenters. The Balaban J connectivity index is 1.59. The zero-order valence-electron chi connectivity index (χ0n) is 12.7. The molecular weight excluding hydrogens is 350 g/mol. The number of halogens is 1. The summed E-state index contributed by atoms with van der Waals surface area (Å²) < 4.78 is 13.2. The molecule has 2 N–H and O–H groups in total. The highest BCUT2D eigenvalue weighted by atomic mass is 35.5. The lowest BCUT2D eigenvalue weighted by molar-refractivity contribution is 0.246. The predicted molar refractivity (Wildman–Crippen MR) is 93.2 cm³/mol. The van der Waals surface area contributed by atoms with Crippen LogP contribution in [0.2, 0.25) is 5.02 Å². The highest BCUT2D eigenvalue weighted by molar-refractivity contribution is 7.98. The molecule has 0 radical (unpaired) electrons. The summed E-state index contributed by atoms with van der Waals surface area (Å²) in [5.74, 6) is 0.639. The van der Waals surface area contributed by atoms with Crippen LogP contribution in [0.15, 0.2) is 52.0 Å². The molecule has 2 aromatic carbocycles. The molecule has 0 saturated carbocycles. The molecule has 0 aliphatic rings. The van der Waals surface area contributed by atoms with Gasteiger partial charge in [-0.05, 0) is 29.8 Å². The first-order valence-electron chi connectivity index (χ1n) is 7.05. The number of carbonyl (C=O) groups is 1. The van der Waals surface area contributed by atoms with Crippen molar-refractivity contribution >= 4 is 40.5 Å². The first-order chi connectivity index (χ1) is 11.7. The Bertz CT molecular complexity index is 851. The molecule has 1 heterocycles. The van der Waals surface area contributed by atoms with Gasteiger partial charge in [0, 0.05) is 23.5 Å². The molecule has 8 heteroatoms. The Morgan fingerprint density at radius 1 is 1.29 bits per heavy atom. The second-order valence-corrected chi connectivity index (χ2v) is 6.07. The number of aromatic nitrogens is 1. The van der Waals surface area contributed by atoms with Gasteiger partial charge in [-0.25, -0.2) is 4.79 Å². The summed E-state index contributed by atoms with van der Waals surface area (Å²) >= 11 is 6.89. The first-order valence-corrected chi connectivity index (χ1v) is 8.24. The Morgan fingerprint density at radius 2 is 2.08 bits per heavy atom. The SMILES string of the molecule is COc1cccc2onc(SNC(=O)NCc3ccc(Cl)cc3)c12. The third kappa shape index (κ3) is 3.74. The number of nitrogens with zero attached hydrogens (tertiary/aromatic N) is 1. The van der Waals surface area contributed by atoms with Crippen LogP contribution in [0.5, 0.6) is 5.75 Å². The van der Waals surface area contributed by atoms with E-state index in [9.17, 15) is 4.79 Å². The van der Waals surface area contributed by atoms with E-state index in [2.05, 4.69) is 15.2 Å². The van der Waals surface area contributed by atoms with Gasteiger partial charge in [0.25, 0.3) is 0 Å². The third-order valence-corrected chi connectivity index (χ3v) is 4.27. The van der Waals surface area contributed by atoms with Gasteiger partial charge in [-0.15, -0.1) is 0 Å². The van der Waals surface area contributed by atoms with Crippen LogP contribution in [0.3, 0.4) is 0 Å². The normalized spacial score (nSPS) is 10.6. The number of carbonyl (C=O) groups excluding carboxylic acids is 1. The molecule has 124 valence electrons. The second kappa shape index (κ2) is 7.46. The highest BCUT2D eigenvalue weighted by Crippen LogP contribution is 2.33. The lowest BCUT2D eigenvalue weighted by atomic mass is 10.2. The Kier molecular flexibility index (Phi) is 5.12. The molecule has 6 nitrogen and oxygen atoms in total. The Hall–Kier alpha value is -2.38. The van der Waals surface area contributed by atoms with Crippen LogP contribution in [0.25, 0.3) is 11.0 Å². The molecule has 0 spiro atoms. The summed E-state index contributed by atoms with van der Waals surface area (Å²) in [6.07, 6.45) is 0. The maximum atomic E-state index is 11.9. The van der Waals surface area contributed by atoms with Gasteiger partial charge in [-0.3, -0.25) is 4.72 Å². The number of amides is 2. The van der Waals surface area contributed by atoms with E-state index < -0.39 is 0 Å². The van der Waals surface area contributed by atoms with E-state index in [0.717, 1.165) is 22.9 Å². The van der Waals surface area contributed by atoms with Crippen LogP contribution in [-0.4, -0.2) is 18.3 Å². The molecule has 24 heavy (non-hydrogen) atoms. The molecule has 0 bridgehead atoms. The van der Waals surface area contributed by atoms with Gasteiger partial charge in [0.05, 0.1) is 12.5 Å². The Morgan fingerprint density at radius 3 is 2.83 bits per heavy atom. The average Bonchev–Trinajstić information content (AvgIpc) is 3.02. The summed E-state index contributed by atoms with van der Waals surface area (Å²) in [5, 5.41) is 8.62. The fraction of sp³-hybridized carbons (Fsp3) is 0.125. The number of methoxy groups -OCH3 is 1. The molecule has 0 aliphatic heterocycles. The molecule has 2 amide bonds. The van der Waals surface area contributed by atoms with E-state index in [4.69, 9.17) is 20.9 Å². The summed E-state index contributed by atoms with van der Waals surface area (Å²) in [6, 6.07) is 12.3. The molecule has 0 fully saturated rings. The number of urea groups is 1. The monoisotopic (exact) mass is 363 g/mol. The minimum atomic E-state index is -0.332. The van der Waals surface area contributed by atoms with Crippen molar-refractivity contribution in [1.29, 1.82) is 0 Å². The van der Waals surface area contributed by atoms with Crippen molar-refractivity contribution in [2.45, 2.75) is 11.6 Å². The number of hydrogen-bond donors (Lipinski definition) is 2. The number of fused-ring (bicyclic) bond motifs is 1. The van der Waals surface area contributed by atoms with Crippen molar-refractivity contribution in [3.05, 3.63) is 53.1 Å². The van der Waals surface area contributed by atoms with Gasteiger partial charge in [0.2, 0.25) is 0 Å². The standard InChI is InChI=1S/C16H14ClN3O3S/c1-22-12-3-2-4-13-14(12)15(19-23-13)24-20-16(21)18-9-10-5-7-11(17)8-6-10/h2-8H,9H2,1H3,(H2,18,20,21). The van der Waals surface area contributed by atoms with Crippen molar-refractivity contribution < 1.29 is 14.1 Å². The van der Waals surface area contributed by atoms with Crippen molar-refractivity contribution in [2.24, 2.45) is 0 Å². The third-order valence-electron chi connectivity index (χ3n) is 3.26. The number of benzene rings is 2. The van der Waals surface area contributed by atoms with Crippen molar-refractivity contribution in [3.63, 3.8) is 0 Å². The molecule has 3 rings (SSSR count). The molecule has 0 saturated heterocycles. The molecular formula is C16H14ClN3O3S. The minimum Gasteiger partial charge on any atom is -0.496 e. The number of hydrogen-bond acceptors (Lipinski definition) is 5. The van der Waals surface area contributed by atoms with Gasteiger partial charge >= 0.3 is 6.03 Å². The summed E-state index contributed by atoms with van der Waals surface area (Å²) in [5.41, 5.74) is 1.55. The van der Waals surface area contributed by atoms with Gasteiger partial charge in [-0.2, -0.15) is 0 Å². The van der Waals surface area contributed by atoms with E-state index in [-0.39, 0.29) is 6.03 Å². The van der Waals surface area contributed by atoms with E-state index >= 15 is 0 Å². The quantitative estimate of drug-likeness (QED) is 0.670. The van der Waals surface area contributed by atoms with Gasteiger partial charge in [-0.1, -0.05) is 35.0 Å². The summed E-state index contributed by atoms with van der Waals surface area (Å²) in [7, 11) is 1.57. The summed E-state index contributed by atoms with van der Waals surface area (Å²) in [4.78, 5) is 11.9. The highest BCUT2D eigenvalue weighted by Gasteiger charge is 2.14. The lowest BCUT2D eigenvalue weighted by Crippen LogP contribution is -2.30. The molecule has 1 aromatic heterocycles. The van der Waals surface area contributed by atoms with E-state index in [1.807, 2.05) is 24.3 Å². The van der Waals surface area contributed by atoms with Crippen molar-refractivity contribution in [2.75, 3.05) is 7.11 Å². The molecule has 3 aromatic rings. The maximum Gasteiger partial charge on any atom is 0.325 e. The molecule has 0 atom stereocenters. The van der Waals surface area contributed by atoms with Crippen molar-refractivity contribution in [3.8, 4) is 5.75 Å². The molecule has 0 aliphatic carbocycles. The van der Waals surface area contributed by atoms with Crippen LogP contribution in [0.1, 0.15) is 5.56 Å². The van der Waals surface area contributed by atoms with Crippen molar-refractivity contribution in [1.82, 2.24) is 15.2 Å². The first kappa shape index (κ1) is 16.5. The predicted octanol–water partition coefficient (Wildman–Crippen LogP) is 4.00. The van der Waals surface area contributed by atoms with Crippen LogP contribution < -0.4 is 14.8 Å². The van der Waals surface area contributed by atoms with Crippen LogP contribution in [-0.2, 0) is 6.54 Å². The Labute approximate surface area is 147 Å². The van der Waals surface area contributed by atoms with Crippen LogP contribution in [0, 0.1) is 0 Å². The zero-order chi connectivity index (χ0) is 16.9. The zero-order valence-corrected chi connectivity index (χ0v) is 14.3. The number of nitrogens with one attached hydrogen (secondary N) is 2.